The summed E-state index contributed by atoms with van der Waals surface area (Å²) in [6.45, 7) is 3.40. The Hall–Kier alpha value is -2.22. The van der Waals surface area contributed by atoms with Crippen LogP contribution in [0.3, 0.4) is 0 Å². The van der Waals surface area contributed by atoms with Crippen LogP contribution < -0.4 is 9.47 Å². The number of benzene rings is 1. The quantitative estimate of drug-likeness (QED) is 0.575. The SMILES string of the molecule is OCCN(CCOc1ccc(Oc2nc3cccnc3s2)cc1)CC1CC1. The first kappa shape index (κ1) is 18.2. The third-order valence-electron chi connectivity index (χ3n) is 4.48. The van der Waals surface area contributed by atoms with Gasteiger partial charge in [0.2, 0.25) is 0 Å². The maximum absolute atomic E-state index is 9.18. The van der Waals surface area contributed by atoms with E-state index in [0.717, 1.165) is 40.9 Å². The average Bonchev–Trinajstić information content (AvgIpc) is 3.40. The van der Waals surface area contributed by atoms with E-state index in [-0.39, 0.29) is 6.61 Å². The Balaban J connectivity index is 1.27. The molecule has 0 atom stereocenters. The van der Waals surface area contributed by atoms with Crippen molar-refractivity contribution in [2.45, 2.75) is 12.8 Å². The van der Waals surface area contributed by atoms with Gasteiger partial charge in [0.1, 0.15) is 28.5 Å². The molecule has 1 aliphatic rings. The van der Waals surface area contributed by atoms with E-state index in [1.807, 2.05) is 36.4 Å². The van der Waals surface area contributed by atoms with Gasteiger partial charge in [-0.05, 0) is 55.2 Å². The first-order valence-electron chi connectivity index (χ1n) is 9.25. The van der Waals surface area contributed by atoms with E-state index in [1.54, 1.807) is 6.20 Å². The summed E-state index contributed by atoms with van der Waals surface area (Å²) >= 11 is 1.43. The molecule has 4 rings (SSSR count). The maximum Gasteiger partial charge on any atom is 0.281 e. The van der Waals surface area contributed by atoms with Crippen molar-refractivity contribution in [1.29, 1.82) is 0 Å². The van der Waals surface area contributed by atoms with Gasteiger partial charge in [-0.15, -0.1) is 0 Å². The van der Waals surface area contributed by atoms with Gasteiger partial charge in [-0.1, -0.05) is 11.3 Å². The van der Waals surface area contributed by atoms with Crippen LogP contribution >= 0.6 is 11.3 Å². The summed E-state index contributed by atoms with van der Waals surface area (Å²) < 4.78 is 11.7. The molecular weight excluding hydrogens is 362 g/mol. The lowest BCUT2D eigenvalue weighted by molar-refractivity contribution is 0.164. The number of aliphatic hydroxyl groups is 1. The number of pyridine rings is 1. The van der Waals surface area contributed by atoms with E-state index in [2.05, 4.69) is 14.9 Å². The molecule has 6 nitrogen and oxygen atoms in total. The number of aliphatic hydroxyl groups excluding tert-OH is 1. The number of aromatic nitrogens is 2. The lowest BCUT2D eigenvalue weighted by atomic mass is 10.3. The molecule has 1 aromatic carbocycles. The monoisotopic (exact) mass is 385 g/mol. The van der Waals surface area contributed by atoms with Crippen molar-refractivity contribution in [1.82, 2.24) is 14.9 Å². The summed E-state index contributed by atoms with van der Waals surface area (Å²) in [6, 6.07) is 11.3. The van der Waals surface area contributed by atoms with Crippen molar-refractivity contribution in [3.05, 3.63) is 42.6 Å². The fraction of sp³-hybridized carbons (Fsp3) is 0.400. The molecule has 1 saturated carbocycles. The minimum Gasteiger partial charge on any atom is -0.492 e. The Morgan fingerprint density at radius 3 is 2.67 bits per heavy atom. The van der Waals surface area contributed by atoms with Crippen molar-refractivity contribution in [3.8, 4) is 16.7 Å². The number of fused-ring (bicyclic) bond motifs is 1. The number of hydrogen-bond acceptors (Lipinski definition) is 7. The Morgan fingerprint density at radius 2 is 1.93 bits per heavy atom. The highest BCUT2D eigenvalue weighted by molar-refractivity contribution is 7.19. The first-order chi connectivity index (χ1) is 13.3. The van der Waals surface area contributed by atoms with Crippen LogP contribution in [0.25, 0.3) is 10.3 Å². The van der Waals surface area contributed by atoms with Crippen molar-refractivity contribution < 1.29 is 14.6 Å². The summed E-state index contributed by atoms with van der Waals surface area (Å²) in [5.41, 5.74) is 0.844. The molecular formula is C20H23N3O3S. The lowest BCUT2D eigenvalue weighted by Gasteiger charge is -2.21. The largest absolute Gasteiger partial charge is 0.492 e. The minimum atomic E-state index is 0.194. The second kappa shape index (κ2) is 8.65. The molecule has 142 valence electrons. The molecule has 0 spiro atoms. The molecule has 0 saturated heterocycles. The molecule has 2 aromatic heterocycles. The van der Waals surface area contributed by atoms with Crippen molar-refractivity contribution in [3.63, 3.8) is 0 Å². The number of ether oxygens (including phenoxy) is 2. The second-order valence-corrected chi connectivity index (χ2v) is 7.64. The summed E-state index contributed by atoms with van der Waals surface area (Å²) in [7, 11) is 0. The number of hydrogen-bond donors (Lipinski definition) is 1. The summed E-state index contributed by atoms with van der Waals surface area (Å²) in [4.78, 5) is 11.8. The highest BCUT2D eigenvalue weighted by Crippen LogP contribution is 2.31. The van der Waals surface area contributed by atoms with Gasteiger partial charge >= 0.3 is 0 Å². The predicted molar refractivity (Wildman–Crippen MR) is 106 cm³/mol. The molecule has 3 aromatic rings. The summed E-state index contributed by atoms with van der Waals surface area (Å²) in [6.07, 6.45) is 4.38. The van der Waals surface area contributed by atoms with Gasteiger partial charge < -0.3 is 14.6 Å². The van der Waals surface area contributed by atoms with Gasteiger partial charge in [-0.25, -0.2) is 9.97 Å². The standard InChI is InChI=1S/C20H23N3O3S/c24-12-10-23(14-15-3-4-15)11-13-25-16-5-7-17(8-6-16)26-20-22-18-2-1-9-21-19(18)27-20/h1-2,5-9,15,24H,3-4,10-14H2. The third kappa shape index (κ3) is 5.15. The van der Waals surface area contributed by atoms with Crippen LogP contribution in [-0.2, 0) is 0 Å². The van der Waals surface area contributed by atoms with Crippen LogP contribution in [0, 0.1) is 5.92 Å². The van der Waals surface area contributed by atoms with Gasteiger partial charge in [0.25, 0.3) is 5.19 Å². The fourth-order valence-corrected chi connectivity index (χ4v) is 3.67. The predicted octanol–water partition coefficient (Wildman–Crippen LogP) is 3.57. The van der Waals surface area contributed by atoms with Crippen LogP contribution in [0.1, 0.15) is 12.8 Å². The van der Waals surface area contributed by atoms with Gasteiger partial charge in [-0.2, -0.15) is 0 Å². The van der Waals surface area contributed by atoms with E-state index in [0.29, 0.717) is 18.3 Å². The first-order valence-corrected chi connectivity index (χ1v) is 10.1. The number of rotatable bonds is 10. The number of thiazole rings is 1. The summed E-state index contributed by atoms with van der Waals surface area (Å²) in [5.74, 6) is 2.34. The van der Waals surface area contributed by atoms with Crippen molar-refractivity contribution in [2.75, 3.05) is 32.8 Å². The topological polar surface area (TPSA) is 67.7 Å². The molecule has 0 amide bonds. The molecule has 1 fully saturated rings. The van der Waals surface area contributed by atoms with Gasteiger partial charge in [0, 0.05) is 25.8 Å². The Morgan fingerprint density at radius 1 is 1.11 bits per heavy atom. The smallest absolute Gasteiger partial charge is 0.281 e. The average molecular weight is 385 g/mol. The van der Waals surface area contributed by atoms with Crippen LogP contribution in [0.5, 0.6) is 16.7 Å². The fourth-order valence-electron chi connectivity index (χ4n) is 2.89. The Kier molecular flexibility index (Phi) is 5.81. The van der Waals surface area contributed by atoms with E-state index >= 15 is 0 Å². The molecule has 1 aliphatic carbocycles. The molecule has 7 heteroatoms. The van der Waals surface area contributed by atoms with E-state index in [4.69, 9.17) is 9.47 Å². The third-order valence-corrected chi connectivity index (χ3v) is 5.34. The Bertz CT molecular complexity index is 831. The minimum absolute atomic E-state index is 0.194. The lowest BCUT2D eigenvalue weighted by Crippen LogP contribution is -2.33. The van der Waals surface area contributed by atoms with E-state index < -0.39 is 0 Å². The molecule has 2 heterocycles. The Labute approximate surface area is 162 Å². The highest BCUT2D eigenvalue weighted by atomic mass is 32.1. The molecule has 0 aliphatic heterocycles. The number of nitrogens with zero attached hydrogens (tertiary/aromatic N) is 3. The van der Waals surface area contributed by atoms with Gasteiger partial charge in [0.15, 0.2) is 0 Å². The molecule has 0 bridgehead atoms. The van der Waals surface area contributed by atoms with Crippen molar-refractivity contribution >= 4 is 21.7 Å². The van der Waals surface area contributed by atoms with E-state index in [9.17, 15) is 5.11 Å². The highest BCUT2D eigenvalue weighted by Gasteiger charge is 2.23. The van der Waals surface area contributed by atoms with Crippen LogP contribution in [0.4, 0.5) is 0 Å². The van der Waals surface area contributed by atoms with Crippen LogP contribution in [0.15, 0.2) is 42.6 Å². The maximum atomic E-state index is 9.18. The zero-order valence-corrected chi connectivity index (χ0v) is 15.9. The summed E-state index contributed by atoms with van der Waals surface area (Å²) in [5, 5.41) is 9.76. The van der Waals surface area contributed by atoms with Crippen LogP contribution in [-0.4, -0.2) is 52.8 Å². The second-order valence-electron chi connectivity index (χ2n) is 6.70. The molecule has 1 N–H and O–H groups in total. The van der Waals surface area contributed by atoms with Gasteiger partial charge in [0.05, 0.1) is 6.61 Å². The normalized spacial score (nSPS) is 14.0. The van der Waals surface area contributed by atoms with E-state index in [1.165, 1.54) is 24.2 Å². The molecule has 0 radical (unpaired) electrons. The zero-order chi connectivity index (χ0) is 18.5. The zero-order valence-electron chi connectivity index (χ0n) is 15.1. The van der Waals surface area contributed by atoms with Gasteiger partial charge in [-0.3, -0.25) is 4.90 Å². The van der Waals surface area contributed by atoms with Crippen LogP contribution in [0.2, 0.25) is 0 Å². The van der Waals surface area contributed by atoms with Crippen molar-refractivity contribution in [2.24, 2.45) is 5.92 Å². The molecule has 27 heavy (non-hydrogen) atoms. The molecule has 0 unspecified atom stereocenters.